The number of nitrogens with zero attached hydrogens (tertiary/aromatic N) is 1. The number of rotatable bonds is 0. The zero-order chi connectivity index (χ0) is 16.0. The smallest absolute Gasteiger partial charge is 0.471 e. The van der Waals surface area contributed by atoms with Crippen molar-refractivity contribution in [2.45, 2.75) is 43.4 Å². The van der Waals surface area contributed by atoms with E-state index >= 15 is 0 Å². The maximum Gasteiger partial charge on any atom is 0.471 e. The standard InChI is InChI=1S/C15H13BrF3NO2/c1-14-5-10-12(14)9(20(10)13(22)15(17,18)19)3-6-2-8(16)11(21)4-7(6)14/h2,4,9-10,12,21H,3,5H2,1H3/t9-,10?,12-,14+/m1/s1. The van der Waals surface area contributed by atoms with Gasteiger partial charge in [-0.2, -0.15) is 13.2 Å². The van der Waals surface area contributed by atoms with Gasteiger partial charge in [-0.1, -0.05) is 6.92 Å². The van der Waals surface area contributed by atoms with E-state index in [1.807, 2.05) is 6.92 Å². The SMILES string of the molecule is C[C@@]12CC3[C@H]1[C@@H](Cc1cc(Br)c(O)cc12)N3C(=O)C(F)(F)F. The van der Waals surface area contributed by atoms with Crippen molar-refractivity contribution in [2.75, 3.05) is 0 Å². The Hall–Kier alpha value is -1.24. The van der Waals surface area contributed by atoms with Crippen LogP contribution in [0.25, 0.3) is 0 Å². The molecule has 1 aromatic rings. The van der Waals surface area contributed by atoms with Crippen molar-refractivity contribution >= 4 is 21.8 Å². The van der Waals surface area contributed by atoms with Crippen molar-refractivity contribution in [1.82, 2.24) is 4.90 Å². The highest BCUT2D eigenvalue weighted by Crippen LogP contribution is 2.64. The van der Waals surface area contributed by atoms with Gasteiger partial charge in [0.25, 0.3) is 0 Å². The molecule has 118 valence electrons. The fourth-order valence-electron chi connectivity index (χ4n) is 4.72. The minimum Gasteiger partial charge on any atom is -0.507 e. The second kappa shape index (κ2) is 3.99. The van der Waals surface area contributed by atoms with Crippen LogP contribution >= 0.6 is 15.9 Å². The van der Waals surface area contributed by atoms with Crippen LogP contribution in [0.15, 0.2) is 16.6 Å². The molecule has 2 fully saturated rings. The van der Waals surface area contributed by atoms with Crippen LogP contribution in [-0.2, 0) is 16.6 Å². The molecular weight excluding hydrogens is 363 g/mol. The number of phenolic OH excluding ortho intramolecular Hbond substituents is 1. The van der Waals surface area contributed by atoms with Crippen molar-refractivity contribution in [3.8, 4) is 5.75 Å². The number of amides is 1. The van der Waals surface area contributed by atoms with Gasteiger partial charge in [-0.15, -0.1) is 0 Å². The number of phenols is 1. The van der Waals surface area contributed by atoms with Gasteiger partial charge < -0.3 is 10.0 Å². The lowest BCUT2D eigenvalue weighted by Gasteiger charge is -2.72. The Morgan fingerprint density at radius 1 is 1.41 bits per heavy atom. The number of alkyl halides is 3. The Balaban J connectivity index is 1.74. The molecule has 1 aromatic carbocycles. The monoisotopic (exact) mass is 375 g/mol. The van der Waals surface area contributed by atoms with Crippen molar-refractivity contribution in [3.63, 3.8) is 0 Å². The fourth-order valence-corrected chi connectivity index (χ4v) is 5.11. The van der Waals surface area contributed by atoms with E-state index in [1.54, 1.807) is 12.1 Å². The molecule has 0 radical (unpaired) electrons. The molecule has 1 N–H and O–H groups in total. The van der Waals surface area contributed by atoms with Crippen LogP contribution in [0.2, 0.25) is 0 Å². The van der Waals surface area contributed by atoms with E-state index in [4.69, 9.17) is 0 Å². The molecule has 1 aliphatic heterocycles. The summed E-state index contributed by atoms with van der Waals surface area (Å²) in [7, 11) is 0. The fraction of sp³-hybridized carbons (Fsp3) is 0.533. The molecule has 2 aliphatic carbocycles. The summed E-state index contributed by atoms with van der Waals surface area (Å²) in [6.45, 7) is 2.02. The minimum absolute atomic E-state index is 0.0619. The summed E-state index contributed by atoms with van der Waals surface area (Å²) in [4.78, 5) is 12.6. The van der Waals surface area contributed by atoms with Crippen LogP contribution in [0.3, 0.4) is 0 Å². The quantitative estimate of drug-likeness (QED) is 0.756. The Bertz CT molecular complexity index is 705. The molecule has 1 saturated carbocycles. The number of carbonyl (C=O) groups excluding carboxylic acids is 1. The van der Waals surface area contributed by atoms with Gasteiger partial charge in [0.2, 0.25) is 0 Å². The van der Waals surface area contributed by atoms with Crippen molar-refractivity contribution in [2.24, 2.45) is 5.92 Å². The molecule has 4 atom stereocenters. The normalized spacial score (nSPS) is 35.1. The highest BCUT2D eigenvalue weighted by atomic mass is 79.9. The van der Waals surface area contributed by atoms with Gasteiger partial charge in [-0.3, -0.25) is 4.79 Å². The lowest BCUT2D eigenvalue weighted by atomic mass is 9.43. The molecule has 0 bridgehead atoms. The largest absolute Gasteiger partial charge is 0.507 e. The molecular formula is C15H13BrF3NO2. The summed E-state index contributed by atoms with van der Waals surface area (Å²) in [6.07, 6.45) is -3.89. The van der Waals surface area contributed by atoms with E-state index in [-0.39, 0.29) is 29.2 Å². The van der Waals surface area contributed by atoms with Crippen LogP contribution in [0.1, 0.15) is 24.5 Å². The van der Waals surface area contributed by atoms with E-state index in [9.17, 15) is 23.1 Å². The van der Waals surface area contributed by atoms with E-state index in [0.717, 1.165) is 16.0 Å². The molecule has 7 heteroatoms. The topological polar surface area (TPSA) is 40.5 Å². The number of fused-ring (bicyclic) bond motifs is 2. The Kier molecular flexibility index (Phi) is 2.60. The first-order valence-electron chi connectivity index (χ1n) is 7.06. The number of piperidine rings is 1. The first-order chi connectivity index (χ1) is 10.1. The van der Waals surface area contributed by atoms with E-state index < -0.39 is 12.1 Å². The van der Waals surface area contributed by atoms with Gasteiger partial charge in [-0.05, 0) is 52.0 Å². The number of hydrogen-bond donors (Lipinski definition) is 1. The van der Waals surface area contributed by atoms with Crippen LogP contribution < -0.4 is 0 Å². The number of halogens is 4. The molecule has 1 saturated heterocycles. The molecule has 4 rings (SSSR count). The predicted octanol–water partition coefficient (Wildman–Crippen LogP) is 3.13. The zero-order valence-corrected chi connectivity index (χ0v) is 13.2. The van der Waals surface area contributed by atoms with E-state index in [0.29, 0.717) is 17.3 Å². The second-order valence-electron chi connectivity index (χ2n) is 6.66. The maximum absolute atomic E-state index is 12.7. The van der Waals surface area contributed by atoms with E-state index in [2.05, 4.69) is 15.9 Å². The molecule has 3 nitrogen and oxygen atoms in total. The first-order valence-corrected chi connectivity index (χ1v) is 7.85. The second-order valence-corrected chi connectivity index (χ2v) is 7.51. The Labute approximate surface area is 133 Å². The summed E-state index contributed by atoms with van der Waals surface area (Å²) >= 11 is 3.24. The molecule has 22 heavy (non-hydrogen) atoms. The number of benzene rings is 1. The lowest BCUT2D eigenvalue weighted by Crippen LogP contribution is -2.81. The van der Waals surface area contributed by atoms with Gasteiger partial charge in [-0.25, -0.2) is 0 Å². The number of carbonyl (C=O) groups is 1. The molecule has 1 unspecified atom stereocenters. The van der Waals surface area contributed by atoms with Gasteiger partial charge in [0, 0.05) is 23.4 Å². The summed E-state index contributed by atoms with van der Waals surface area (Å²) in [5, 5.41) is 9.88. The molecule has 0 spiro atoms. The summed E-state index contributed by atoms with van der Waals surface area (Å²) in [5.74, 6) is -1.52. The van der Waals surface area contributed by atoms with Crippen LogP contribution in [0.5, 0.6) is 5.75 Å². The highest BCUT2D eigenvalue weighted by molar-refractivity contribution is 9.10. The number of hydrogen-bond acceptors (Lipinski definition) is 2. The lowest BCUT2D eigenvalue weighted by molar-refractivity contribution is -0.231. The first kappa shape index (κ1) is 14.4. The zero-order valence-electron chi connectivity index (χ0n) is 11.6. The molecule has 3 aliphatic rings. The predicted molar refractivity (Wildman–Crippen MR) is 75.4 cm³/mol. The summed E-state index contributed by atoms with van der Waals surface area (Å²) in [6, 6.07) is 2.76. The molecule has 1 heterocycles. The van der Waals surface area contributed by atoms with Gasteiger partial charge >= 0.3 is 12.1 Å². The van der Waals surface area contributed by atoms with Crippen LogP contribution in [0.4, 0.5) is 13.2 Å². The summed E-state index contributed by atoms with van der Waals surface area (Å²) < 4.78 is 38.8. The third-order valence-corrected chi connectivity index (χ3v) is 6.24. The average Bonchev–Trinajstić information content (AvgIpc) is 2.37. The van der Waals surface area contributed by atoms with Crippen molar-refractivity contribution < 1.29 is 23.1 Å². The van der Waals surface area contributed by atoms with Gasteiger partial charge in [0.1, 0.15) is 5.75 Å². The highest BCUT2D eigenvalue weighted by Gasteiger charge is 2.71. The summed E-state index contributed by atoms with van der Waals surface area (Å²) in [5.41, 5.74) is 1.67. The van der Waals surface area contributed by atoms with Crippen molar-refractivity contribution in [3.05, 3.63) is 27.7 Å². The van der Waals surface area contributed by atoms with Crippen LogP contribution in [-0.4, -0.2) is 34.2 Å². The molecule has 1 amide bonds. The van der Waals surface area contributed by atoms with Crippen LogP contribution in [0, 0.1) is 5.92 Å². The van der Waals surface area contributed by atoms with Gasteiger partial charge in [0.05, 0.1) is 4.47 Å². The Morgan fingerprint density at radius 2 is 2.09 bits per heavy atom. The van der Waals surface area contributed by atoms with E-state index in [1.165, 1.54) is 0 Å². The minimum atomic E-state index is -4.81. The third-order valence-electron chi connectivity index (χ3n) is 5.61. The Morgan fingerprint density at radius 3 is 2.73 bits per heavy atom. The number of likely N-dealkylation sites (tertiary alicyclic amines) is 1. The maximum atomic E-state index is 12.7. The number of aromatic hydroxyl groups is 1. The van der Waals surface area contributed by atoms with Crippen molar-refractivity contribution in [1.29, 1.82) is 0 Å². The van der Waals surface area contributed by atoms with Gasteiger partial charge in [0.15, 0.2) is 0 Å². The third kappa shape index (κ3) is 1.55. The average molecular weight is 376 g/mol. The molecule has 0 aromatic heterocycles.